The number of benzene rings is 2. The quantitative estimate of drug-likeness (QED) is 0.455. The molecule has 6 nitrogen and oxygen atoms in total. The van der Waals surface area contributed by atoms with Crippen LogP contribution >= 0.6 is 15.9 Å². The first-order valence-electron chi connectivity index (χ1n) is 10.7. The lowest BCUT2D eigenvalue weighted by atomic mass is 10.1. The second-order valence-corrected chi connectivity index (χ2v) is 8.90. The van der Waals surface area contributed by atoms with Crippen molar-refractivity contribution >= 4 is 33.5 Å². The molecule has 0 atom stereocenters. The number of nitrogens with one attached hydrogen (secondary N) is 1. The topological polar surface area (TPSA) is 61.4 Å². The van der Waals surface area contributed by atoms with Crippen molar-refractivity contribution in [2.75, 3.05) is 36.4 Å². The van der Waals surface area contributed by atoms with E-state index >= 15 is 0 Å². The summed E-state index contributed by atoms with van der Waals surface area (Å²) in [5.74, 6) is 0.920. The number of nitrogens with zero attached hydrogens (tertiary/aromatic N) is 4. The fourth-order valence-corrected chi connectivity index (χ4v) is 4.15. The highest BCUT2D eigenvalue weighted by Gasteiger charge is 2.31. The molecule has 0 aliphatic carbocycles. The van der Waals surface area contributed by atoms with E-state index in [1.54, 1.807) is 11.0 Å². The van der Waals surface area contributed by atoms with Gasteiger partial charge in [-0.15, -0.1) is 0 Å². The van der Waals surface area contributed by atoms with Crippen molar-refractivity contribution in [2.24, 2.45) is 0 Å². The number of carbonyl (C=O) groups excluding carboxylic acids is 1. The second-order valence-electron chi connectivity index (χ2n) is 8.04. The van der Waals surface area contributed by atoms with E-state index in [0.29, 0.717) is 48.9 Å². The number of piperazine rings is 1. The maximum absolute atomic E-state index is 13.2. The maximum Gasteiger partial charge on any atom is 0.416 e. The van der Waals surface area contributed by atoms with Gasteiger partial charge in [-0.1, -0.05) is 24.3 Å². The Morgan fingerprint density at radius 1 is 1.00 bits per heavy atom. The molecule has 0 saturated carbocycles. The summed E-state index contributed by atoms with van der Waals surface area (Å²) in [5, 5.41) is 2.91. The number of aromatic nitrogens is 2. The Balaban J connectivity index is 1.51. The van der Waals surface area contributed by atoms with Crippen LogP contribution in [-0.4, -0.2) is 47.1 Å². The van der Waals surface area contributed by atoms with Crippen LogP contribution in [0.5, 0.6) is 0 Å². The molecule has 4 rings (SSSR count). The minimum atomic E-state index is -4.44. The molecule has 1 N–H and O–H groups in total. The molecule has 0 spiro atoms. The van der Waals surface area contributed by atoms with Gasteiger partial charge in [0, 0.05) is 47.5 Å². The van der Waals surface area contributed by atoms with E-state index in [1.165, 1.54) is 6.07 Å². The van der Waals surface area contributed by atoms with E-state index in [9.17, 15) is 18.0 Å². The molecule has 0 radical (unpaired) electrons. The summed E-state index contributed by atoms with van der Waals surface area (Å²) in [7, 11) is 0. The molecule has 2 amide bonds. The van der Waals surface area contributed by atoms with Crippen molar-refractivity contribution in [3.8, 4) is 11.4 Å². The summed E-state index contributed by atoms with van der Waals surface area (Å²) in [5.41, 5.74) is 1.83. The summed E-state index contributed by atoms with van der Waals surface area (Å²) >= 11 is 3.43. The molecule has 1 aliphatic heterocycles. The molecule has 0 bridgehead atoms. The van der Waals surface area contributed by atoms with Crippen LogP contribution in [-0.2, 0) is 6.18 Å². The Bertz CT molecular complexity index is 1210. The van der Waals surface area contributed by atoms with Crippen LogP contribution in [0.2, 0.25) is 0 Å². The largest absolute Gasteiger partial charge is 0.416 e. The van der Waals surface area contributed by atoms with Crippen molar-refractivity contribution in [1.82, 2.24) is 14.9 Å². The first-order chi connectivity index (χ1) is 16.1. The fraction of sp³-hybridized carbons (Fsp3) is 0.292. The molecule has 1 aliphatic rings. The van der Waals surface area contributed by atoms with Gasteiger partial charge >= 0.3 is 12.2 Å². The van der Waals surface area contributed by atoms with E-state index in [2.05, 4.69) is 31.2 Å². The first kappa shape index (κ1) is 24.0. The number of amides is 2. The van der Waals surface area contributed by atoms with Crippen LogP contribution in [0.15, 0.2) is 53.0 Å². The van der Waals surface area contributed by atoms with E-state index in [0.717, 1.165) is 22.2 Å². The average Bonchev–Trinajstić information content (AvgIpc) is 2.82. The predicted molar refractivity (Wildman–Crippen MR) is 129 cm³/mol. The number of alkyl halides is 3. The SMILES string of the molecule is Cc1nc(-c2cccc(C(F)(F)F)c2)nc(N2CCN(C(=O)Nc3ccccc3Br)CC2)c1C. The number of hydrogen-bond acceptors (Lipinski definition) is 4. The molecule has 178 valence electrons. The van der Waals surface area contributed by atoms with E-state index in [-0.39, 0.29) is 11.9 Å². The summed E-state index contributed by atoms with van der Waals surface area (Å²) in [6, 6.07) is 12.2. The number of halogens is 4. The minimum absolute atomic E-state index is 0.188. The highest BCUT2D eigenvalue weighted by atomic mass is 79.9. The van der Waals surface area contributed by atoms with E-state index in [4.69, 9.17) is 0 Å². The molecule has 1 aromatic heterocycles. The Morgan fingerprint density at radius 3 is 2.38 bits per heavy atom. The zero-order chi connectivity index (χ0) is 24.5. The van der Waals surface area contributed by atoms with Crippen LogP contribution in [0.1, 0.15) is 16.8 Å². The van der Waals surface area contributed by atoms with Crippen LogP contribution in [0.3, 0.4) is 0 Å². The van der Waals surface area contributed by atoms with Gasteiger partial charge in [-0.2, -0.15) is 13.2 Å². The zero-order valence-corrected chi connectivity index (χ0v) is 20.2. The third-order valence-corrected chi connectivity index (χ3v) is 6.49. The van der Waals surface area contributed by atoms with Crippen molar-refractivity contribution < 1.29 is 18.0 Å². The van der Waals surface area contributed by atoms with Gasteiger partial charge < -0.3 is 15.1 Å². The summed E-state index contributed by atoms with van der Waals surface area (Å²) < 4.78 is 40.3. The van der Waals surface area contributed by atoms with E-state index < -0.39 is 11.7 Å². The van der Waals surface area contributed by atoms with Crippen LogP contribution in [0.4, 0.5) is 29.5 Å². The Kier molecular flexibility index (Phi) is 6.79. The van der Waals surface area contributed by atoms with Gasteiger partial charge in [0.1, 0.15) is 5.82 Å². The second kappa shape index (κ2) is 9.61. The number of rotatable bonds is 3. The number of para-hydroxylation sites is 1. The van der Waals surface area contributed by atoms with Crippen LogP contribution < -0.4 is 10.2 Å². The normalized spacial score (nSPS) is 14.3. The number of hydrogen-bond donors (Lipinski definition) is 1. The number of aryl methyl sites for hydroxylation is 1. The number of anilines is 2. The summed E-state index contributed by atoms with van der Waals surface area (Å²) in [4.78, 5) is 25.5. The molecule has 10 heteroatoms. The molecular weight excluding hydrogens is 511 g/mol. The first-order valence-corrected chi connectivity index (χ1v) is 11.5. The number of carbonyl (C=O) groups is 1. The van der Waals surface area contributed by atoms with Crippen molar-refractivity contribution in [3.05, 3.63) is 69.8 Å². The molecule has 1 fully saturated rings. The molecule has 3 aromatic rings. The Hall–Kier alpha value is -3.14. The summed E-state index contributed by atoms with van der Waals surface area (Å²) in [6.45, 7) is 5.77. The van der Waals surface area contributed by atoms with Gasteiger partial charge in [-0.25, -0.2) is 14.8 Å². The van der Waals surface area contributed by atoms with Gasteiger partial charge in [0.25, 0.3) is 0 Å². The lowest BCUT2D eigenvalue weighted by Crippen LogP contribution is -2.50. The van der Waals surface area contributed by atoms with Crippen LogP contribution in [0, 0.1) is 13.8 Å². The Morgan fingerprint density at radius 2 is 1.71 bits per heavy atom. The molecular formula is C24H23BrF3N5O. The fourth-order valence-electron chi connectivity index (χ4n) is 3.76. The predicted octanol–water partition coefficient (Wildman–Crippen LogP) is 5.90. The van der Waals surface area contributed by atoms with Crippen LogP contribution in [0.25, 0.3) is 11.4 Å². The lowest BCUT2D eigenvalue weighted by Gasteiger charge is -2.36. The maximum atomic E-state index is 13.2. The van der Waals surface area contributed by atoms with Crippen molar-refractivity contribution in [3.63, 3.8) is 0 Å². The smallest absolute Gasteiger partial charge is 0.353 e. The van der Waals surface area contributed by atoms with Gasteiger partial charge in [-0.05, 0) is 54.0 Å². The zero-order valence-electron chi connectivity index (χ0n) is 18.7. The lowest BCUT2D eigenvalue weighted by molar-refractivity contribution is -0.137. The Labute approximate surface area is 203 Å². The van der Waals surface area contributed by atoms with Crippen molar-refractivity contribution in [1.29, 1.82) is 0 Å². The van der Waals surface area contributed by atoms with Gasteiger partial charge in [0.2, 0.25) is 0 Å². The average molecular weight is 534 g/mol. The highest BCUT2D eigenvalue weighted by Crippen LogP contribution is 2.32. The van der Waals surface area contributed by atoms with Gasteiger partial charge in [0.15, 0.2) is 5.82 Å². The highest BCUT2D eigenvalue weighted by molar-refractivity contribution is 9.10. The van der Waals surface area contributed by atoms with Gasteiger partial charge in [0.05, 0.1) is 11.3 Å². The standard InChI is InChI=1S/C24H23BrF3N5O/c1-15-16(2)29-21(17-6-5-7-18(14-17)24(26,27)28)31-22(15)32-10-12-33(13-11-32)23(34)30-20-9-4-3-8-19(20)25/h3-9,14H,10-13H2,1-2H3,(H,30,34). The number of urea groups is 1. The monoisotopic (exact) mass is 533 g/mol. The third-order valence-electron chi connectivity index (χ3n) is 5.79. The summed E-state index contributed by atoms with van der Waals surface area (Å²) in [6.07, 6.45) is -4.44. The van der Waals surface area contributed by atoms with E-state index in [1.807, 2.05) is 43.0 Å². The molecule has 0 unspecified atom stereocenters. The third kappa shape index (κ3) is 5.16. The molecule has 1 saturated heterocycles. The molecule has 34 heavy (non-hydrogen) atoms. The minimum Gasteiger partial charge on any atom is -0.353 e. The molecule has 2 heterocycles. The van der Waals surface area contributed by atoms with Gasteiger partial charge in [-0.3, -0.25) is 0 Å². The molecule has 2 aromatic carbocycles. The van der Waals surface area contributed by atoms with Crippen molar-refractivity contribution in [2.45, 2.75) is 20.0 Å².